The van der Waals surface area contributed by atoms with Crippen LogP contribution in [0.2, 0.25) is 0 Å². The maximum atomic E-state index is 12.7. The van der Waals surface area contributed by atoms with Crippen LogP contribution in [0.5, 0.6) is 17.2 Å². The van der Waals surface area contributed by atoms with E-state index in [0.717, 1.165) is 54.4 Å². The summed E-state index contributed by atoms with van der Waals surface area (Å²) < 4.78 is 15.9. The molecule has 164 valence electrons. The van der Waals surface area contributed by atoms with E-state index in [2.05, 4.69) is 20.4 Å². The fourth-order valence-corrected chi connectivity index (χ4v) is 4.00. The van der Waals surface area contributed by atoms with Gasteiger partial charge in [-0.25, -0.2) is 0 Å². The lowest BCUT2D eigenvalue weighted by atomic mass is 9.95. The molecule has 0 atom stereocenters. The van der Waals surface area contributed by atoms with E-state index in [1.54, 1.807) is 13.2 Å². The molecular formula is C24H24N4O4. The molecule has 1 fully saturated rings. The van der Waals surface area contributed by atoms with Crippen LogP contribution in [0.1, 0.15) is 12.8 Å². The number of aromatic nitrogens is 2. The van der Waals surface area contributed by atoms with Crippen LogP contribution in [-0.2, 0) is 4.79 Å². The first-order chi connectivity index (χ1) is 15.7. The van der Waals surface area contributed by atoms with Gasteiger partial charge in [0.2, 0.25) is 12.7 Å². The van der Waals surface area contributed by atoms with Crippen molar-refractivity contribution in [2.45, 2.75) is 12.8 Å². The van der Waals surface area contributed by atoms with Crippen molar-refractivity contribution in [2.24, 2.45) is 5.92 Å². The van der Waals surface area contributed by atoms with E-state index in [4.69, 9.17) is 14.2 Å². The lowest BCUT2D eigenvalue weighted by Gasteiger charge is -2.31. The van der Waals surface area contributed by atoms with Gasteiger partial charge in [0, 0.05) is 36.3 Å². The number of ether oxygens (including phenoxy) is 3. The molecule has 2 aromatic carbocycles. The lowest BCUT2D eigenvalue weighted by molar-refractivity contribution is -0.120. The molecule has 8 nitrogen and oxygen atoms in total. The van der Waals surface area contributed by atoms with Gasteiger partial charge in [-0.2, -0.15) is 0 Å². The summed E-state index contributed by atoms with van der Waals surface area (Å²) in [5, 5.41) is 11.8. The first-order valence-corrected chi connectivity index (χ1v) is 10.6. The number of anilines is 2. The van der Waals surface area contributed by atoms with Gasteiger partial charge in [0.15, 0.2) is 17.3 Å². The Kier molecular flexibility index (Phi) is 5.49. The van der Waals surface area contributed by atoms with Crippen molar-refractivity contribution in [1.29, 1.82) is 0 Å². The molecule has 1 N–H and O–H groups in total. The topological polar surface area (TPSA) is 85.8 Å². The first-order valence-electron chi connectivity index (χ1n) is 10.6. The summed E-state index contributed by atoms with van der Waals surface area (Å²) in [6.45, 7) is 1.74. The van der Waals surface area contributed by atoms with Crippen molar-refractivity contribution < 1.29 is 19.0 Å². The van der Waals surface area contributed by atoms with Gasteiger partial charge in [0.25, 0.3) is 0 Å². The predicted molar refractivity (Wildman–Crippen MR) is 120 cm³/mol. The summed E-state index contributed by atoms with van der Waals surface area (Å²) in [4.78, 5) is 14.9. The van der Waals surface area contributed by atoms with Crippen LogP contribution < -0.4 is 24.4 Å². The van der Waals surface area contributed by atoms with E-state index in [1.807, 2.05) is 48.5 Å². The van der Waals surface area contributed by atoms with E-state index < -0.39 is 0 Å². The Morgan fingerprint density at radius 1 is 1.00 bits per heavy atom. The highest BCUT2D eigenvalue weighted by molar-refractivity contribution is 5.93. The molecule has 8 heteroatoms. The van der Waals surface area contributed by atoms with Crippen LogP contribution in [0.3, 0.4) is 0 Å². The minimum atomic E-state index is -0.0387. The van der Waals surface area contributed by atoms with Crippen LogP contribution in [-0.4, -0.2) is 43.1 Å². The maximum Gasteiger partial charge on any atom is 0.231 e. The molecule has 0 bridgehead atoms. The zero-order valence-electron chi connectivity index (χ0n) is 17.8. The van der Waals surface area contributed by atoms with Crippen LogP contribution in [0, 0.1) is 5.92 Å². The number of nitrogens with one attached hydrogen (secondary N) is 1. The van der Waals surface area contributed by atoms with Crippen molar-refractivity contribution in [2.75, 3.05) is 37.2 Å². The summed E-state index contributed by atoms with van der Waals surface area (Å²) in [5.74, 6) is 3.00. The Labute approximate surface area is 186 Å². The Morgan fingerprint density at radius 3 is 2.50 bits per heavy atom. The number of hydrogen-bond acceptors (Lipinski definition) is 7. The number of nitrogens with zero attached hydrogens (tertiary/aromatic N) is 3. The van der Waals surface area contributed by atoms with E-state index in [9.17, 15) is 4.79 Å². The minimum absolute atomic E-state index is 0.0319. The van der Waals surface area contributed by atoms with E-state index >= 15 is 0 Å². The molecule has 2 aliphatic heterocycles. The molecule has 1 aromatic heterocycles. The number of amides is 1. The normalized spacial score (nSPS) is 15.5. The Bertz CT molecular complexity index is 1090. The lowest BCUT2D eigenvalue weighted by Crippen LogP contribution is -2.38. The third-order valence-corrected chi connectivity index (χ3v) is 5.87. The molecule has 5 rings (SSSR count). The average molecular weight is 432 g/mol. The largest absolute Gasteiger partial charge is 0.497 e. The van der Waals surface area contributed by atoms with Gasteiger partial charge >= 0.3 is 0 Å². The molecule has 3 aromatic rings. The van der Waals surface area contributed by atoms with Crippen molar-refractivity contribution in [3.8, 4) is 28.5 Å². The van der Waals surface area contributed by atoms with Crippen molar-refractivity contribution >= 4 is 17.4 Å². The number of benzene rings is 2. The molecule has 2 aliphatic rings. The molecule has 0 radical (unpaired) electrons. The molecule has 0 saturated carbocycles. The van der Waals surface area contributed by atoms with Crippen molar-refractivity contribution in [3.05, 3.63) is 54.6 Å². The minimum Gasteiger partial charge on any atom is -0.497 e. The highest BCUT2D eigenvalue weighted by Crippen LogP contribution is 2.34. The monoisotopic (exact) mass is 432 g/mol. The van der Waals surface area contributed by atoms with Gasteiger partial charge in [0.05, 0.1) is 12.8 Å². The van der Waals surface area contributed by atoms with Gasteiger partial charge in [-0.05, 0) is 61.4 Å². The Balaban J connectivity index is 1.16. The zero-order chi connectivity index (χ0) is 21.9. The third-order valence-electron chi connectivity index (χ3n) is 5.87. The molecule has 3 heterocycles. The molecule has 0 unspecified atom stereocenters. The predicted octanol–water partition coefficient (Wildman–Crippen LogP) is 3.74. The molecule has 0 aliphatic carbocycles. The summed E-state index contributed by atoms with van der Waals surface area (Å²) in [6, 6.07) is 17.2. The summed E-state index contributed by atoms with van der Waals surface area (Å²) in [7, 11) is 1.65. The number of carbonyl (C=O) groups is 1. The van der Waals surface area contributed by atoms with Gasteiger partial charge in [-0.3, -0.25) is 4.79 Å². The smallest absolute Gasteiger partial charge is 0.231 e. The number of fused-ring (bicyclic) bond motifs is 1. The van der Waals surface area contributed by atoms with Crippen molar-refractivity contribution in [1.82, 2.24) is 10.2 Å². The van der Waals surface area contributed by atoms with E-state index in [-0.39, 0.29) is 18.6 Å². The number of rotatable bonds is 5. The highest BCUT2D eigenvalue weighted by Gasteiger charge is 2.26. The second-order valence-electron chi connectivity index (χ2n) is 7.82. The SMILES string of the molecule is COc1ccc(-c2ccc(N3CCC(C(=O)Nc4ccc5c(c4)OCO5)CC3)nn2)cc1. The van der Waals surface area contributed by atoms with Crippen LogP contribution in [0.25, 0.3) is 11.3 Å². The first kappa shape index (κ1) is 20.1. The summed E-state index contributed by atoms with van der Waals surface area (Å²) >= 11 is 0. The number of piperidine rings is 1. The second-order valence-corrected chi connectivity index (χ2v) is 7.82. The summed E-state index contributed by atoms with van der Waals surface area (Å²) in [5.41, 5.74) is 2.53. The van der Waals surface area contributed by atoms with E-state index in [0.29, 0.717) is 11.5 Å². The standard InChI is InChI=1S/C24H24N4O4/c1-30-19-5-2-16(3-6-19)20-7-9-23(27-26-20)28-12-10-17(11-13-28)24(29)25-18-4-8-21-22(14-18)32-15-31-21/h2-9,14,17H,10-13,15H2,1H3,(H,25,29). The molecule has 1 amide bonds. The third kappa shape index (κ3) is 4.16. The number of methoxy groups -OCH3 is 1. The van der Waals surface area contributed by atoms with Gasteiger partial charge in [0.1, 0.15) is 5.75 Å². The fourth-order valence-electron chi connectivity index (χ4n) is 4.00. The van der Waals surface area contributed by atoms with Gasteiger partial charge in [-0.1, -0.05) is 0 Å². The Hall–Kier alpha value is -3.81. The van der Waals surface area contributed by atoms with Gasteiger partial charge < -0.3 is 24.4 Å². The fraction of sp³-hybridized carbons (Fsp3) is 0.292. The van der Waals surface area contributed by atoms with Crippen LogP contribution >= 0.6 is 0 Å². The Morgan fingerprint density at radius 2 is 1.78 bits per heavy atom. The number of carbonyl (C=O) groups excluding carboxylic acids is 1. The molecule has 0 spiro atoms. The summed E-state index contributed by atoms with van der Waals surface area (Å²) in [6.07, 6.45) is 1.52. The second kappa shape index (κ2) is 8.74. The van der Waals surface area contributed by atoms with Crippen LogP contribution in [0.15, 0.2) is 54.6 Å². The van der Waals surface area contributed by atoms with E-state index in [1.165, 1.54) is 0 Å². The zero-order valence-corrected chi connectivity index (χ0v) is 17.8. The van der Waals surface area contributed by atoms with Gasteiger partial charge in [-0.15, -0.1) is 10.2 Å². The molecule has 1 saturated heterocycles. The van der Waals surface area contributed by atoms with Crippen LogP contribution in [0.4, 0.5) is 11.5 Å². The highest BCUT2D eigenvalue weighted by atomic mass is 16.7. The average Bonchev–Trinajstić information content (AvgIpc) is 3.32. The molecular weight excluding hydrogens is 408 g/mol. The number of hydrogen-bond donors (Lipinski definition) is 1. The maximum absolute atomic E-state index is 12.7. The van der Waals surface area contributed by atoms with Crippen molar-refractivity contribution in [3.63, 3.8) is 0 Å². The quantitative estimate of drug-likeness (QED) is 0.657. The molecule has 32 heavy (non-hydrogen) atoms.